The number of aryl methyl sites for hydroxylation is 1. The molecule has 4 rings (SSSR count). The average molecular weight is 396 g/mol. The molecule has 0 saturated heterocycles. The summed E-state index contributed by atoms with van der Waals surface area (Å²) in [6.07, 6.45) is 6.42. The van der Waals surface area contributed by atoms with Gasteiger partial charge >= 0.3 is 0 Å². The first-order chi connectivity index (χ1) is 13.6. The van der Waals surface area contributed by atoms with Gasteiger partial charge in [-0.2, -0.15) is 11.8 Å². The lowest BCUT2D eigenvalue weighted by Gasteiger charge is -2.20. The van der Waals surface area contributed by atoms with Crippen LogP contribution < -0.4 is 5.32 Å². The van der Waals surface area contributed by atoms with Gasteiger partial charge in [-0.3, -0.25) is 4.79 Å². The first kappa shape index (κ1) is 18.9. The van der Waals surface area contributed by atoms with E-state index in [1.807, 2.05) is 49.0 Å². The van der Waals surface area contributed by atoms with Gasteiger partial charge < -0.3 is 14.8 Å². The SMILES string of the molecule is Cc1ccc(NC(=O)c2oc3ccccc3c2CSC2CCCCC2)c(O)c1. The third-order valence-electron chi connectivity index (χ3n) is 5.32. The topological polar surface area (TPSA) is 62.5 Å². The Morgan fingerprint density at radius 3 is 2.75 bits per heavy atom. The Labute approximate surface area is 169 Å². The van der Waals surface area contributed by atoms with Crippen molar-refractivity contribution in [3.05, 3.63) is 59.4 Å². The van der Waals surface area contributed by atoms with Crippen LogP contribution in [-0.4, -0.2) is 16.3 Å². The lowest BCUT2D eigenvalue weighted by molar-refractivity contribution is 0.0997. The van der Waals surface area contributed by atoms with Gasteiger partial charge in [0.25, 0.3) is 5.91 Å². The molecule has 1 aromatic heterocycles. The highest BCUT2D eigenvalue weighted by Crippen LogP contribution is 2.35. The molecular weight excluding hydrogens is 370 g/mol. The Balaban J connectivity index is 1.60. The van der Waals surface area contributed by atoms with Crippen molar-refractivity contribution in [1.82, 2.24) is 0 Å². The van der Waals surface area contributed by atoms with Crippen LogP contribution in [0.15, 0.2) is 46.9 Å². The summed E-state index contributed by atoms with van der Waals surface area (Å²) in [4.78, 5) is 13.0. The van der Waals surface area contributed by atoms with Crippen molar-refractivity contribution in [1.29, 1.82) is 0 Å². The quantitative estimate of drug-likeness (QED) is 0.500. The first-order valence-corrected chi connectivity index (χ1v) is 10.9. The number of carbonyl (C=O) groups excluding carboxylic acids is 1. The Morgan fingerprint density at radius 2 is 1.96 bits per heavy atom. The monoisotopic (exact) mass is 395 g/mol. The maximum Gasteiger partial charge on any atom is 0.291 e. The third kappa shape index (κ3) is 4.04. The van der Waals surface area contributed by atoms with Crippen molar-refractivity contribution in [3.8, 4) is 5.75 Å². The number of phenolic OH excluding ortho intramolecular Hbond substituents is 1. The smallest absolute Gasteiger partial charge is 0.291 e. The summed E-state index contributed by atoms with van der Waals surface area (Å²) < 4.78 is 5.93. The summed E-state index contributed by atoms with van der Waals surface area (Å²) in [7, 11) is 0. The molecule has 4 nitrogen and oxygen atoms in total. The molecular formula is C23H25NO3S. The van der Waals surface area contributed by atoms with E-state index in [2.05, 4.69) is 5.32 Å². The number of para-hydroxylation sites is 1. The average Bonchev–Trinajstić information content (AvgIpc) is 3.08. The standard InChI is InChI=1S/C23H25NO3S/c1-15-11-12-19(20(25)13-15)24-23(26)22-18(14-28-16-7-3-2-4-8-16)17-9-5-6-10-21(17)27-22/h5-6,9-13,16,25H,2-4,7-8,14H2,1H3,(H,24,26). The molecule has 0 spiro atoms. The third-order valence-corrected chi connectivity index (χ3v) is 6.72. The second-order valence-corrected chi connectivity index (χ2v) is 8.74. The highest BCUT2D eigenvalue weighted by Gasteiger charge is 2.23. The predicted octanol–water partition coefficient (Wildman–Crippen LogP) is 6.27. The lowest BCUT2D eigenvalue weighted by Crippen LogP contribution is -2.14. The molecule has 0 atom stereocenters. The fourth-order valence-corrected chi connectivity index (χ4v) is 5.14. The molecule has 2 N–H and O–H groups in total. The van der Waals surface area contributed by atoms with Crippen LogP contribution in [0.3, 0.4) is 0 Å². The van der Waals surface area contributed by atoms with Crippen molar-refractivity contribution >= 4 is 34.3 Å². The zero-order chi connectivity index (χ0) is 19.5. The van der Waals surface area contributed by atoms with E-state index in [1.165, 1.54) is 32.1 Å². The van der Waals surface area contributed by atoms with Crippen LogP contribution in [0.5, 0.6) is 5.75 Å². The molecule has 0 aliphatic heterocycles. The summed E-state index contributed by atoms with van der Waals surface area (Å²) in [5, 5.41) is 14.6. The van der Waals surface area contributed by atoms with Crippen LogP contribution in [-0.2, 0) is 5.75 Å². The normalized spacial score (nSPS) is 15.0. The van der Waals surface area contributed by atoms with Gasteiger partial charge in [0.1, 0.15) is 11.3 Å². The van der Waals surface area contributed by atoms with E-state index in [0.717, 1.165) is 27.8 Å². The maximum atomic E-state index is 13.0. The molecule has 0 bridgehead atoms. The Hall–Kier alpha value is -2.40. The minimum absolute atomic E-state index is 0.0580. The molecule has 3 aromatic rings. The zero-order valence-electron chi connectivity index (χ0n) is 16.0. The van der Waals surface area contributed by atoms with Crippen molar-refractivity contribution in [2.75, 3.05) is 5.32 Å². The highest BCUT2D eigenvalue weighted by atomic mass is 32.2. The van der Waals surface area contributed by atoms with Crippen LogP contribution in [0.4, 0.5) is 5.69 Å². The number of amides is 1. The minimum atomic E-state index is -0.324. The second kappa shape index (κ2) is 8.31. The van der Waals surface area contributed by atoms with Crippen LogP contribution in [0, 0.1) is 6.92 Å². The van der Waals surface area contributed by atoms with Crippen molar-refractivity contribution in [2.45, 2.75) is 50.0 Å². The summed E-state index contributed by atoms with van der Waals surface area (Å²) >= 11 is 1.92. The molecule has 1 saturated carbocycles. The van der Waals surface area contributed by atoms with Crippen molar-refractivity contribution in [2.24, 2.45) is 0 Å². The van der Waals surface area contributed by atoms with E-state index in [0.29, 0.717) is 16.7 Å². The van der Waals surface area contributed by atoms with Gasteiger partial charge in [0.15, 0.2) is 5.76 Å². The Morgan fingerprint density at radius 1 is 1.18 bits per heavy atom. The van der Waals surface area contributed by atoms with Crippen LogP contribution in [0.2, 0.25) is 0 Å². The fraction of sp³-hybridized carbons (Fsp3) is 0.348. The van der Waals surface area contributed by atoms with E-state index in [4.69, 9.17) is 4.42 Å². The molecule has 0 unspecified atom stereocenters. The van der Waals surface area contributed by atoms with Crippen LogP contribution in [0.1, 0.15) is 53.8 Å². The number of furan rings is 1. The summed E-state index contributed by atoms with van der Waals surface area (Å²) in [6, 6.07) is 13.0. The van der Waals surface area contributed by atoms with E-state index < -0.39 is 0 Å². The Bertz CT molecular complexity index is 989. The summed E-state index contributed by atoms with van der Waals surface area (Å²) in [6.45, 7) is 1.89. The maximum absolute atomic E-state index is 13.0. The van der Waals surface area contributed by atoms with E-state index in [9.17, 15) is 9.90 Å². The van der Waals surface area contributed by atoms with Gasteiger partial charge in [-0.1, -0.05) is 43.5 Å². The van der Waals surface area contributed by atoms with Crippen LogP contribution in [0.25, 0.3) is 11.0 Å². The number of fused-ring (bicyclic) bond motifs is 1. The number of benzene rings is 2. The summed E-state index contributed by atoms with van der Waals surface area (Å²) in [5.41, 5.74) is 2.99. The van der Waals surface area contributed by atoms with Gasteiger partial charge in [0.05, 0.1) is 5.69 Å². The fourth-order valence-electron chi connectivity index (χ4n) is 3.78. The molecule has 28 heavy (non-hydrogen) atoms. The zero-order valence-corrected chi connectivity index (χ0v) is 16.8. The number of phenols is 1. The minimum Gasteiger partial charge on any atom is -0.506 e. The molecule has 1 aliphatic rings. The number of hydrogen-bond acceptors (Lipinski definition) is 4. The Kier molecular flexibility index (Phi) is 5.62. The van der Waals surface area contributed by atoms with Crippen LogP contribution >= 0.6 is 11.8 Å². The largest absolute Gasteiger partial charge is 0.506 e. The molecule has 1 aliphatic carbocycles. The lowest BCUT2D eigenvalue weighted by atomic mass is 10.0. The molecule has 146 valence electrons. The first-order valence-electron chi connectivity index (χ1n) is 9.85. The number of nitrogens with one attached hydrogen (secondary N) is 1. The van der Waals surface area contributed by atoms with Crippen molar-refractivity contribution in [3.63, 3.8) is 0 Å². The second-order valence-electron chi connectivity index (χ2n) is 7.45. The van der Waals surface area contributed by atoms with Crippen molar-refractivity contribution < 1.29 is 14.3 Å². The molecule has 5 heteroatoms. The molecule has 1 heterocycles. The molecule has 2 aromatic carbocycles. The van der Waals surface area contributed by atoms with E-state index in [1.54, 1.807) is 12.1 Å². The van der Waals surface area contributed by atoms with Gasteiger partial charge in [-0.15, -0.1) is 0 Å². The molecule has 0 radical (unpaired) electrons. The molecule has 1 fully saturated rings. The number of aromatic hydroxyl groups is 1. The van der Waals surface area contributed by atoms with Gasteiger partial charge in [-0.05, 0) is 43.5 Å². The van der Waals surface area contributed by atoms with Gasteiger partial charge in [0.2, 0.25) is 0 Å². The number of rotatable bonds is 5. The predicted molar refractivity (Wildman–Crippen MR) is 115 cm³/mol. The number of hydrogen-bond donors (Lipinski definition) is 2. The van der Waals surface area contributed by atoms with Gasteiger partial charge in [0, 0.05) is 22.0 Å². The number of anilines is 1. The van der Waals surface area contributed by atoms with Gasteiger partial charge in [-0.25, -0.2) is 0 Å². The van der Waals surface area contributed by atoms with E-state index >= 15 is 0 Å². The number of thioether (sulfide) groups is 1. The molecule has 1 amide bonds. The highest BCUT2D eigenvalue weighted by molar-refractivity contribution is 7.99. The number of carbonyl (C=O) groups is 1. The van der Waals surface area contributed by atoms with E-state index in [-0.39, 0.29) is 11.7 Å². The summed E-state index contributed by atoms with van der Waals surface area (Å²) in [5.74, 6) is 0.825.